The Bertz CT molecular complexity index is 515. The molecular weight excluding hydrogens is 251 g/mol. The lowest BCUT2D eigenvalue weighted by Gasteiger charge is -2.12. The van der Waals surface area contributed by atoms with E-state index in [-0.39, 0.29) is 29.6 Å². The molecule has 102 valence electrons. The van der Waals surface area contributed by atoms with Gasteiger partial charge < -0.3 is 16.2 Å². The zero-order valence-electron chi connectivity index (χ0n) is 10.2. The van der Waals surface area contributed by atoms with Gasteiger partial charge in [-0.25, -0.2) is 9.18 Å². The highest BCUT2D eigenvalue weighted by Gasteiger charge is 2.30. The van der Waals surface area contributed by atoms with Crippen molar-refractivity contribution >= 4 is 17.6 Å². The maximum atomic E-state index is 13.0. The second-order valence-corrected chi connectivity index (χ2v) is 4.75. The molecule has 1 aliphatic rings. The van der Waals surface area contributed by atoms with Crippen molar-refractivity contribution in [3.8, 4) is 0 Å². The van der Waals surface area contributed by atoms with Crippen LogP contribution in [-0.4, -0.2) is 23.0 Å². The molecule has 1 saturated carbocycles. The molecule has 1 aromatic carbocycles. The van der Waals surface area contributed by atoms with Crippen molar-refractivity contribution in [1.82, 2.24) is 0 Å². The van der Waals surface area contributed by atoms with Crippen molar-refractivity contribution in [2.24, 2.45) is 11.7 Å². The van der Waals surface area contributed by atoms with Gasteiger partial charge in [0.25, 0.3) is 0 Å². The smallest absolute Gasteiger partial charge is 0.337 e. The maximum Gasteiger partial charge on any atom is 0.337 e. The highest BCUT2D eigenvalue weighted by Crippen LogP contribution is 2.32. The molecule has 1 amide bonds. The summed E-state index contributed by atoms with van der Waals surface area (Å²) in [6, 6.07) is 3.01. The topological polar surface area (TPSA) is 92.4 Å². The Morgan fingerprint density at radius 1 is 1.47 bits per heavy atom. The summed E-state index contributed by atoms with van der Waals surface area (Å²) in [5.41, 5.74) is 5.63. The fraction of sp³-hybridized carbons (Fsp3) is 0.385. The van der Waals surface area contributed by atoms with Gasteiger partial charge in [0.15, 0.2) is 0 Å². The van der Waals surface area contributed by atoms with E-state index in [4.69, 9.17) is 10.8 Å². The van der Waals surface area contributed by atoms with Crippen LogP contribution in [-0.2, 0) is 4.79 Å². The molecule has 0 aliphatic heterocycles. The normalized spacial score (nSPS) is 15.9. The molecule has 0 heterocycles. The number of hydrogen-bond donors (Lipinski definition) is 3. The van der Waals surface area contributed by atoms with Crippen LogP contribution in [0.15, 0.2) is 18.2 Å². The Labute approximate surface area is 109 Å². The first-order chi connectivity index (χ1) is 8.97. The van der Waals surface area contributed by atoms with Crippen LogP contribution in [0.5, 0.6) is 0 Å². The van der Waals surface area contributed by atoms with E-state index in [2.05, 4.69) is 5.32 Å². The lowest BCUT2D eigenvalue weighted by Crippen LogP contribution is -2.29. The minimum absolute atomic E-state index is 0.0851. The van der Waals surface area contributed by atoms with E-state index in [0.717, 1.165) is 25.0 Å². The number of carbonyl (C=O) groups is 2. The number of nitrogens with two attached hydrogens (primary N) is 1. The van der Waals surface area contributed by atoms with E-state index in [9.17, 15) is 14.0 Å². The number of amides is 1. The molecular formula is C13H15FN2O3. The Morgan fingerprint density at radius 2 is 2.16 bits per heavy atom. The number of halogens is 1. The highest BCUT2D eigenvalue weighted by molar-refractivity contribution is 6.00. The minimum atomic E-state index is -1.29. The summed E-state index contributed by atoms with van der Waals surface area (Å²) in [5.74, 6) is -1.92. The summed E-state index contributed by atoms with van der Waals surface area (Å²) in [4.78, 5) is 22.7. The number of carboxylic acid groups (broad SMARTS) is 1. The third kappa shape index (κ3) is 3.51. The average molecular weight is 266 g/mol. The average Bonchev–Trinajstić information content (AvgIpc) is 3.15. The molecule has 1 unspecified atom stereocenters. The van der Waals surface area contributed by atoms with Crippen LogP contribution >= 0.6 is 0 Å². The third-order valence-electron chi connectivity index (χ3n) is 3.13. The molecule has 0 spiro atoms. The Morgan fingerprint density at radius 3 is 2.74 bits per heavy atom. The first-order valence-electron chi connectivity index (χ1n) is 6.05. The molecule has 1 aromatic rings. The van der Waals surface area contributed by atoms with Gasteiger partial charge >= 0.3 is 5.97 Å². The van der Waals surface area contributed by atoms with Crippen LogP contribution in [0.25, 0.3) is 0 Å². The van der Waals surface area contributed by atoms with Gasteiger partial charge in [0.1, 0.15) is 5.82 Å². The predicted molar refractivity (Wildman–Crippen MR) is 67.3 cm³/mol. The second kappa shape index (κ2) is 5.36. The van der Waals surface area contributed by atoms with Gasteiger partial charge in [0.05, 0.1) is 11.3 Å². The van der Waals surface area contributed by atoms with Crippen LogP contribution < -0.4 is 11.1 Å². The van der Waals surface area contributed by atoms with E-state index in [1.807, 2.05) is 0 Å². The molecule has 1 fully saturated rings. The van der Waals surface area contributed by atoms with Gasteiger partial charge in [-0.05, 0) is 37.0 Å². The number of carboxylic acids is 1. The summed E-state index contributed by atoms with van der Waals surface area (Å²) in [6.45, 7) is 0. The molecule has 0 saturated heterocycles. The van der Waals surface area contributed by atoms with Crippen molar-refractivity contribution in [2.45, 2.75) is 25.3 Å². The van der Waals surface area contributed by atoms with Crippen molar-refractivity contribution in [3.63, 3.8) is 0 Å². The van der Waals surface area contributed by atoms with Gasteiger partial charge in [-0.3, -0.25) is 4.79 Å². The lowest BCUT2D eigenvalue weighted by molar-refractivity contribution is -0.116. The SMILES string of the molecule is NC(CC(=O)Nc1ccc(F)cc1C(=O)O)C1CC1. The van der Waals surface area contributed by atoms with Crippen LogP contribution in [0.1, 0.15) is 29.6 Å². The van der Waals surface area contributed by atoms with Crippen LogP contribution in [0.2, 0.25) is 0 Å². The largest absolute Gasteiger partial charge is 0.478 e. The predicted octanol–water partition coefficient (Wildman–Crippen LogP) is 1.59. The standard InChI is InChI=1S/C13H15FN2O3/c14-8-3-4-11(9(5-8)13(18)19)16-12(17)6-10(15)7-1-2-7/h3-5,7,10H,1-2,6,15H2,(H,16,17)(H,18,19). The van der Waals surface area contributed by atoms with Crippen molar-refractivity contribution in [1.29, 1.82) is 0 Å². The third-order valence-corrected chi connectivity index (χ3v) is 3.13. The molecule has 19 heavy (non-hydrogen) atoms. The number of hydrogen-bond acceptors (Lipinski definition) is 3. The summed E-state index contributed by atoms with van der Waals surface area (Å²) in [6.07, 6.45) is 2.21. The highest BCUT2D eigenvalue weighted by atomic mass is 19.1. The molecule has 6 heteroatoms. The number of carbonyl (C=O) groups excluding carboxylic acids is 1. The molecule has 0 radical (unpaired) electrons. The number of rotatable bonds is 5. The maximum absolute atomic E-state index is 13.0. The molecule has 1 atom stereocenters. The summed E-state index contributed by atoms with van der Waals surface area (Å²) >= 11 is 0. The fourth-order valence-corrected chi connectivity index (χ4v) is 1.91. The number of nitrogens with one attached hydrogen (secondary N) is 1. The Balaban J connectivity index is 2.05. The summed E-state index contributed by atoms with van der Waals surface area (Å²) in [7, 11) is 0. The zero-order chi connectivity index (χ0) is 14.0. The first-order valence-corrected chi connectivity index (χ1v) is 6.05. The van der Waals surface area contributed by atoms with E-state index >= 15 is 0 Å². The number of anilines is 1. The molecule has 0 aromatic heterocycles. The molecule has 5 nitrogen and oxygen atoms in total. The molecule has 4 N–H and O–H groups in total. The number of benzene rings is 1. The number of aromatic carboxylic acids is 1. The zero-order valence-corrected chi connectivity index (χ0v) is 10.2. The molecule has 0 bridgehead atoms. The van der Waals surface area contributed by atoms with Crippen LogP contribution in [0, 0.1) is 11.7 Å². The van der Waals surface area contributed by atoms with Crippen LogP contribution in [0.4, 0.5) is 10.1 Å². The molecule has 2 rings (SSSR count). The summed E-state index contributed by atoms with van der Waals surface area (Å²) in [5, 5.41) is 11.4. The van der Waals surface area contributed by atoms with E-state index < -0.39 is 11.8 Å². The Kier molecular flexibility index (Phi) is 3.80. The van der Waals surface area contributed by atoms with E-state index in [1.54, 1.807) is 0 Å². The quantitative estimate of drug-likeness (QED) is 0.754. The van der Waals surface area contributed by atoms with E-state index in [1.165, 1.54) is 6.07 Å². The van der Waals surface area contributed by atoms with Crippen LogP contribution in [0.3, 0.4) is 0 Å². The summed E-state index contributed by atoms with van der Waals surface area (Å²) < 4.78 is 13.0. The van der Waals surface area contributed by atoms with Gasteiger partial charge in [0.2, 0.25) is 5.91 Å². The Hall–Kier alpha value is -1.95. The van der Waals surface area contributed by atoms with Gasteiger partial charge in [-0.1, -0.05) is 0 Å². The van der Waals surface area contributed by atoms with Gasteiger partial charge in [-0.15, -0.1) is 0 Å². The van der Waals surface area contributed by atoms with Crippen molar-refractivity contribution < 1.29 is 19.1 Å². The molecule has 1 aliphatic carbocycles. The minimum Gasteiger partial charge on any atom is -0.478 e. The van der Waals surface area contributed by atoms with Crippen molar-refractivity contribution in [3.05, 3.63) is 29.6 Å². The van der Waals surface area contributed by atoms with Crippen molar-refractivity contribution in [2.75, 3.05) is 5.32 Å². The van der Waals surface area contributed by atoms with Gasteiger partial charge in [0, 0.05) is 12.5 Å². The lowest BCUT2D eigenvalue weighted by atomic mass is 10.1. The van der Waals surface area contributed by atoms with Gasteiger partial charge in [-0.2, -0.15) is 0 Å². The monoisotopic (exact) mass is 266 g/mol. The second-order valence-electron chi connectivity index (χ2n) is 4.75. The fourth-order valence-electron chi connectivity index (χ4n) is 1.91. The first kappa shape index (κ1) is 13.5. The van der Waals surface area contributed by atoms with E-state index in [0.29, 0.717) is 5.92 Å².